The maximum Gasteiger partial charge on any atom is 0.0979 e. The first-order chi connectivity index (χ1) is 15.4. The molecule has 144 valence electrons. The van der Waals surface area contributed by atoms with E-state index < -0.39 is 0 Å². The van der Waals surface area contributed by atoms with Gasteiger partial charge in [0, 0.05) is 36.5 Å². The van der Waals surface area contributed by atoms with Crippen LogP contribution in [0.2, 0.25) is 0 Å². The molecule has 0 aliphatic carbocycles. The first-order valence-electron chi connectivity index (χ1n) is 10.4. The Balaban J connectivity index is 1.60. The minimum Gasteiger partial charge on any atom is -0.252 e. The third-order valence-electron chi connectivity index (χ3n) is 6.11. The van der Waals surface area contributed by atoms with Crippen LogP contribution in [0.3, 0.4) is 0 Å². The van der Waals surface area contributed by atoms with Crippen LogP contribution in [0.15, 0.2) is 97.2 Å². The van der Waals surface area contributed by atoms with Crippen molar-refractivity contribution in [3.05, 3.63) is 97.2 Å². The van der Waals surface area contributed by atoms with Crippen molar-refractivity contribution in [1.82, 2.24) is 9.97 Å². The number of nitrogens with zero attached hydrogens (tertiary/aromatic N) is 2. The van der Waals surface area contributed by atoms with Crippen LogP contribution in [0.5, 0.6) is 0 Å². The highest BCUT2D eigenvalue weighted by molar-refractivity contribution is 7.26. The molecule has 3 heteroatoms. The van der Waals surface area contributed by atoms with Gasteiger partial charge < -0.3 is 0 Å². The molecule has 0 spiro atoms. The largest absolute Gasteiger partial charge is 0.252 e. The molecule has 5 aromatic carbocycles. The van der Waals surface area contributed by atoms with E-state index in [0.717, 1.165) is 33.1 Å². The first-order valence-corrected chi connectivity index (χ1v) is 11.2. The summed E-state index contributed by atoms with van der Waals surface area (Å²) in [5.74, 6) is 0. The van der Waals surface area contributed by atoms with Crippen molar-refractivity contribution in [2.45, 2.75) is 0 Å². The number of hydrogen-bond acceptors (Lipinski definition) is 3. The molecule has 2 heterocycles. The number of fused-ring (bicyclic) bond motifs is 9. The van der Waals surface area contributed by atoms with E-state index in [4.69, 9.17) is 9.97 Å². The zero-order valence-electron chi connectivity index (χ0n) is 16.5. The zero-order chi connectivity index (χ0) is 20.4. The lowest BCUT2D eigenvalue weighted by Crippen LogP contribution is -1.92. The summed E-state index contributed by atoms with van der Waals surface area (Å²) < 4.78 is 2.57. The summed E-state index contributed by atoms with van der Waals surface area (Å²) in [4.78, 5) is 10.1. The molecule has 0 saturated heterocycles. The Morgan fingerprint density at radius 2 is 1.13 bits per heavy atom. The molecule has 0 atom stereocenters. The molecule has 0 radical (unpaired) electrons. The summed E-state index contributed by atoms with van der Waals surface area (Å²) in [5, 5.41) is 7.32. The van der Waals surface area contributed by atoms with Crippen LogP contribution in [-0.4, -0.2) is 9.97 Å². The van der Waals surface area contributed by atoms with Crippen molar-refractivity contribution < 1.29 is 0 Å². The maximum absolute atomic E-state index is 5.19. The average molecular weight is 413 g/mol. The van der Waals surface area contributed by atoms with Gasteiger partial charge in [-0.2, -0.15) is 0 Å². The van der Waals surface area contributed by atoms with Crippen LogP contribution in [0.1, 0.15) is 0 Å². The number of aromatic nitrogens is 2. The van der Waals surface area contributed by atoms with Gasteiger partial charge >= 0.3 is 0 Å². The Labute approximate surface area is 182 Å². The lowest BCUT2D eigenvalue weighted by atomic mass is 9.99. The first kappa shape index (κ1) is 16.9. The van der Waals surface area contributed by atoms with Gasteiger partial charge in [0.15, 0.2) is 0 Å². The maximum atomic E-state index is 5.19. The van der Waals surface area contributed by atoms with Gasteiger partial charge in [-0.05, 0) is 16.8 Å². The number of thiophene rings is 1. The van der Waals surface area contributed by atoms with Crippen LogP contribution < -0.4 is 0 Å². The normalized spacial score (nSPS) is 11.9. The Morgan fingerprint density at radius 1 is 0.516 bits per heavy atom. The fraction of sp³-hybridized carbons (Fsp3) is 0. The fourth-order valence-corrected chi connectivity index (χ4v) is 5.93. The van der Waals surface area contributed by atoms with Crippen molar-refractivity contribution in [3.8, 4) is 11.3 Å². The molecule has 0 N–H and O–H groups in total. The van der Waals surface area contributed by atoms with Crippen molar-refractivity contribution >= 4 is 64.1 Å². The van der Waals surface area contributed by atoms with E-state index in [0.29, 0.717) is 0 Å². The van der Waals surface area contributed by atoms with Crippen LogP contribution in [0.25, 0.3) is 64.0 Å². The topological polar surface area (TPSA) is 25.8 Å². The molecule has 0 saturated carbocycles. The Bertz CT molecular complexity index is 1760. The van der Waals surface area contributed by atoms with Gasteiger partial charge in [-0.25, -0.2) is 4.98 Å². The highest BCUT2D eigenvalue weighted by Gasteiger charge is 2.14. The van der Waals surface area contributed by atoms with E-state index in [9.17, 15) is 0 Å². The minimum atomic E-state index is 0.921. The van der Waals surface area contributed by atoms with E-state index in [1.165, 1.54) is 30.9 Å². The van der Waals surface area contributed by atoms with Crippen molar-refractivity contribution in [2.75, 3.05) is 0 Å². The zero-order valence-corrected chi connectivity index (χ0v) is 17.4. The highest BCUT2D eigenvalue weighted by atomic mass is 32.1. The van der Waals surface area contributed by atoms with Crippen LogP contribution >= 0.6 is 11.3 Å². The van der Waals surface area contributed by atoms with Crippen LogP contribution in [-0.2, 0) is 0 Å². The van der Waals surface area contributed by atoms with Crippen molar-refractivity contribution in [1.29, 1.82) is 0 Å². The molecule has 2 aromatic heterocycles. The van der Waals surface area contributed by atoms with Gasteiger partial charge in [-0.1, -0.05) is 84.9 Å². The number of benzene rings is 5. The molecular formula is C28H16N2S. The van der Waals surface area contributed by atoms with E-state index in [2.05, 4.69) is 91.0 Å². The molecule has 7 rings (SSSR count). The van der Waals surface area contributed by atoms with E-state index in [1.807, 2.05) is 17.5 Å². The number of rotatable bonds is 1. The lowest BCUT2D eigenvalue weighted by molar-refractivity contribution is 1.31. The molecule has 2 nitrogen and oxygen atoms in total. The fourth-order valence-electron chi connectivity index (χ4n) is 4.70. The molecule has 0 fully saturated rings. The molecule has 0 amide bonds. The summed E-state index contributed by atoms with van der Waals surface area (Å²) in [5.41, 5.74) is 3.99. The third kappa shape index (κ3) is 2.38. The summed E-state index contributed by atoms with van der Waals surface area (Å²) in [6.45, 7) is 0. The second-order valence-corrected chi connectivity index (χ2v) is 8.88. The molecule has 31 heavy (non-hydrogen) atoms. The molecule has 7 aromatic rings. The van der Waals surface area contributed by atoms with Gasteiger partial charge in [0.1, 0.15) is 0 Å². The molecule has 0 unspecified atom stereocenters. The van der Waals surface area contributed by atoms with Crippen LogP contribution in [0.4, 0.5) is 0 Å². The second-order valence-electron chi connectivity index (χ2n) is 7.82. The smallest absolute Gasteiger partial charge is 0.0979 e. The SMILES string of the molecule is c1ccc2c(c1)sc1c(-c3cnc4c5ccccc5c5ccccc5c4n3)cccc12. The average Bonchev–Trinajstić information content (AvgIpc) is 3.23. The summed E-state index contributed by atoms with van der Waals surface area (Å²) >= 11 is 1.83. The minimum absolute atomic E-state index is 0.921. The number of hydrogen-bond donors (Lipinski definition) is 0. The summed E-state index contributed by atoms with van der Waals surface area (Å²) in [6.07, 6.45) is 1.93. The van der Waals surface area contributed by atoms with Crippen molar-refractivity contribution in [3.63, 3.8) is 0 Å². The standard InChI is InChI=1S/C28H16N2S/c1-3-11-20-17(8-1)18-9-2-4-12-21(18)27-26(20)29-16-24(30-27)23-14-7-13-22-19-10-5-6-15-25(19)31-28(22)23/h1-16H. The monoisotopic (exact) mass is 412 g/mol. The Kier molecular flexibility index (Phi) is 3.46. The van der Waals surface area contributed by atoms with Gasteiger partial charge in [0.05, 0.1) is 22.9 Å². The molecular weight excluding hydrogens is 396 g/mol. The summed E-state index contributed by atoms with van der Waals surface area (Å²) in [6, 6.07) is 32.1. The molecule has 0 aliphatic rings. The highest BCUT2D eigenvalue weighted by Crippen LogP contribution is 2.40. The van der Waals surface area contributed by atoms with Gasteiger partial charge in [-0.15, -0.1) is 11.3 Å². The van der Waals surface area contributed by atoms with Gasteiger partial charge in [0.25, 0.3) is 0 Å². The predicted octanol–water partition coefficient (Wildman–Crippen LogP) is 7.97. The predicted molar refractivity (Wildman–Crippen MR) is 133 cm³/mol. The van der Waals surface area contributed by atoms with E-state index in [-0.39, 0.29) is 0 Å². The Hall–Kier alpha value is -3.82. The summed E-state index contributed by atoms with van der Waals surface area (Å²) in [7, 11) is 0. The van der Waals surface area contributed by atoms with Crippen molar-refractivity contribution in [2.24, 2.45) is 0 Å². The van der Waals surface area contributed by atoms with Crippen LogP contribution in [0, 0.1) is 0 Å². The van der Waals surface area contributed by atoms with Gasteiger partial charge in [-0.3, -0.25) is 4.98 Å². The third-order valence-corrected chi connectivity index (χ3v) is 7.33. The lowest BCUT2D eigenvalue weighted by Gasteiger charge is -2.10. The second kappa shape index (κ2) is 6.34. The molecule has 0 aliphatic heterocycles. The Morgan fingerprint density at radius 3 is 1.90 bits per heavy atom. The van der Waals surface area contributed by atoms with E-state index in [1.54, 1.807) is 0 Å². The molecule has 0 bridgehead atoms. The van der Waals surface area contributed by atoms with E-state index >= 15 is 0 Å². The quantitative estimate of drug-likeness (QED) is 0.256. The van der Waals surface area contributed by atoms with Gasteiger partial charge in [0.2, 0.25) is 0 Å².